The number of ether oxygens (including phenoxy) is 2. The number of dihydropyridines is 1. The highest BCUT2D eigenvalue weighted by molar-refractivity contribution is 6.00. The van der Waals surface area contributed by atoms with Gasteiger partial charge in [0.15, 0.2) is 5.43 Å². The van der Waals surface area contributed by atoms with Crippen LogP contribution in [-0.4, -0.2) is 25.2 Å². The van der Waals surface area contributed by atoms with Crippen molar-refractivity contribution in [2.24, 2.45) is 0 Å². The Morgan fingerprint density at radius 3 is 2.06 bits per heavy atom. The predicted octanol–water partition coefficient (Wildman–Crippen LogP) is 4.82. The van der Waals surface area contributed by atoms with Crippen LogP contribution in [0.4, 0.5) is 0 Å². The minimum atomic E-state index is -0.771. The van der Waals surface area contributed by atoms with Crippen LogP contribution in [0.3, 0.4) is 0 Å². The average Bonchev–Trinajstić information content (AvgIpc) is 2.84. The fraction of sp³-hybridized carbons (Fsp3) is 0.250. The fourth-order valence-electron chi connectivity index (χ4n) is 4.38. The Bertz CT molecular complexity index is 1370. The normalized spacial score (nSPS) is 14.2. The lowest BCUT2D eigenvalue weighted by atomic mass is 9.80. The van der Waals surface area contributed by atoms with Gasteiger partial charge in [0.25, 0.3) is 0 Å². The van der Waals surface area contributed by atoms with Gasteiger partial charge in [0.2, 0.25) is 0 Å². The van der Waals surface area contributed by atoms with Crippen molar-refractivity contribution in [3.05, 3.63) is 92.9 Å². The minimum Gasteiger partial charge on any atom is -0.463 e. The summed E-state index contributed by atoms with van der Waals surface area (Å²) in [7, 11) is 0. The Balaban J connectivity index is 1.89. The Kier molecular flexibility index (Phi) is 6.87. The van der Waals surface area contributed by atoms with Gasteiger partial charge in [-0.3, -0.25) is 4.79 Å². The maximum absolute atomic E-state index is 13.1. The van der Waals surface area contributed by atoms with Crippen molar-refractivity contribution in [1.82, 2.24) is 5.32 Å². The number of rotatable bonds is 6. The first-order valence-electron chi connectivity index (χ1n) is 11.5. The standard InChI is InChI=1S/C28H27NO6/c1-5-33-27(31)24-16(3)29-17(4)25(28(32)34-6-2)26(24)19-12-13-22-20(14-19)21(30)15-23(35-22)18-10-8-7-9-11-18/h7-15,26,29H,5-6H2,1-4H3. The zero-order chi connectivity index (χ0) is 25.1. The lowest BCUT2D eigenvalue weighted by Gasteiger charge is -2.30. The Morgan fingerprint density at radius 1 is 0.886 bits per heavy atom. The van der Waals surface area contributed by atoms with Crippen LogP contribution in [0.25, 0.3) is 22.3 Å². The molecular formula is C28H27NO6. The first-order valence-corrected chi connectivity index (χ1v) is 11.5. The second-order valence-electron chi connectivity index (χ2n) is 8.17. The molecule has 0 bridgehead atoms. The average molecular weight is 474 g/mol. The molecule has 0 amide bonds. The van der Waals surface area contributed by atoms with E-state index in [0.29, 0.717) is 44.8 Å². The summed E-state index contributed by atoms with van der Waals surface area (Å²) in [5.74, 6) is -1.39. The summed E-state index contributed by atoms with van der Waals surface area (Å²) in [6.45, 7) is 7.32. The zero-order valence-electron chi connectivity index (χ0n) is 20.1. The van der Waals surface area contributed by atoms with E-state index in [4.69, 9.17) is 13.9 Å². The van der Waals surface area contributed by atoms with Gasteiger partial charge >= 0.3 is 11.9 Å². The molecule has 2 heterocycles. The molecule has 35 heavy (non-hydrogen) atoms. The van der Waals surface area contributed by atoms with Gasteiger partial charge in [-0.05, 0) is 45.4 Å². The van der Waals surface area contributed by atoms with Gasteiger partial charge in [0.05, 0.1) is 35.7 Å². The first kappa shape index (κ1) is 24.0. The number of hydrogen-bond acceptors (Lipinski definition) is 7. The van der Waals surface area contributed by atoms with Crippen molar-refractivity contribution in [2.45, 2.75) is 33.6 Å². The topological polar surface area (TPSA) is 94.8 Å². The summed E-state index contributed by atoms with van der Waals surface area (Å²) in [5, 5.41) is 3.46. The number of esters is 2. The van der Waals surface area contributed by atoms with E-state index in [2.05, 4.69) is 5.32 Å². The van der Waals surface area contributed by atoms with Gasteiger partial charge in [-0.2, -0.15) is 0 Å². The van der Waals surface area contributed by atoms with E-state index in [-0.39, 0.29) is 18.6 Å². The van der Waals surface area contributed by atoms with Crippen LogP contribution >= 0.6 is 0 Å². The molecule has 0 unspecified atom stereocenters. The number of allylic oxidation sites excluding steroid dienone is 2. The highest BCUT2D eigenvalue weighted by Gasteiger charge is 2.38. The summed E-state index contributed by atoms with van der Waals surface area (Å²) < 4.78 is 16.6. The predicted molar refractivity (Wildman–Crippen MR) is 132 cm³/mol. The summed E-state index contributed by atoms with van der Waals surface area (Å²) in [5.41, 5.74) is 3.30. The molecule has 7 heteroatoms. The van der Waals surface area contributed by atoms with Crippen LogP contribution in [0, 0.1) is 0 Å². The Hall–Kier alpha value is -4.13. The van der Waals surface area contributed by atoms with Crippen molar-refractivity contribution in [3.63, 3.8) is 0 Å². The molecule has 0 atom stereocenters. The van der Waals surface area contributed by atoms with Crippen molar-refractivity contribution in [2.75, 3.05) is 13.2 Å². The number of carbonyl (C=O) groups is 2. The molecule has 4 rings (SSSR count). The van der Waals surface area contributed by atoms with E-state index in [9.17, 15) is 14.4 Å². The van der Waals surface area contributed by atoms with Crippen molar-refractivity contribution in [3.8, 4) is 11.3 Å². The van der Waals surface area contributed by atoms with Gasteiger partial charge < -0.3 is 19.2 Å². The van der Waals surface area contributed by atoms with Gasteiger partial charge in [0.1, 0.15) is 11.3 Å². The third-order valence-electron chi connectivity index (χ3n) is 5.89. The maximum Gasteiger partial charge on any atom is 0.336 e. The van der Waals surface area contributed by atoms with Crippen LogP contribution in [0.2, 0.25) is 0 Å². The summed E-state index contributed by atoms with van der Waals surface area (Å²) in [4.78, 5) is 39.1. The molecule has 3 aromatic rings. The summed E-state index contributed by atoms with van der Waals surface area (Å²) >= 11 is 0. The molecule has 0 fully saturated rings. The number of nitrogens with one attached hydrogen (secondary N) is 1. The van der Waals surface area contributed by atoms with Crippen LogP contribution in [0.5, 0.6) is 0 Å². The SMILES string of the molecule is CCOC(=O)C1=C(C)NC(C)=C(C(=O)OCC)C1c1ccc2oc(-c3ccccc3)cc(=O)c2c1. The van der Waals surface area contributed by atoms with Crippen LogP contribution < -0.4 is 10.7 Å². The minimum absolute atomic E-state index is 0.184. The van der Waals surface area contributed by atoms with Gasteiger partial charge in [-0.25, -0.2) is 9.59 Å². The van der Waals surface area contributed by atoms with E-state index in [1.807, 2.05) is 30.3 Å². The van der Waals surface area contributed by atoms with E-state index < -0.39 is 17.9 Å². The fourth-order valence-corrected chi connectivity index (χ4v) is 4.38. The molecule has 0 radical (unpaired) electrons. The smallest absolute Gasteiger partial charge is 0.336 e. The molecule has 0 aliphatic carbocycles. The zero-order valence-corrected chi connectivity index (χ0v) is 20.1. The van der Waals surface area contributed by atoms with E-state index in [1.165, 1.54) is 6.07 Å². The molecule has 1 aliphatic rings. The number of hydrogen-bond donors (Lipinski definition) is 1. The molecular weight excluding hydrogens is 446 g/mol. The molecule has 1 N–H and O–H groups in total. The Morgan fingerprint density at radius 2 is 1.49 bits per heavy atom. The highest BCUT2D eigenvalue weighted by Crippen LogP contribution is 2.40. The number of benzene rings is 2. The lowest BCUT2D eigenvalue weighted by molar-refractivity contribution is -0.139. The van der Waals surface area contributed by atoms with Crippen molar-refractivity contribution >= 4 is 22.9 Å². The van der Waals surface area contributed by atoms with E-state index >= 15 is 0 Å². The van der Waals surface area contributed by atoms with Crippen molar-refractivity contribution < 1.29 is 23.5 Å². The van der Waals surface area contributed by atoms with Crippen molar-refractivity contribution in [1.29, 1.82) is 0 Å². The largest absolute Gasteiger partial charge is 0.463 e. The Labute approximate surface area is 203 Å². The number of fused-ring (bicyclic) bond motifs is 1. The molecule has 180 valence electrons. The third-order valence-corrected chi connectivity index (χ3v) is 5.89. The molecule has 2 aromatic carbocycles. The summed E-state index contributed by atoms with van der Waals surface area (Å²) in [6.07, 6.45) is 0. The van der Waals surface area contributed by atoms with Crippen LogP contribution in [0.1, 0.15) is 39.2 Å². The first-order chi connectivity index (χ1) is 16.8. The maximum atomic E-state index is 13.1. The lowest BCUT2D eigenvalue weighted by Crippen LogP contribution is -2.32. The van der Waals surface area contributed by atoms with Gasteiger partial charge in [-0.1, -0.05) is 36.4 Å². The van der Waals surface area contributed by atoms with E-state index in [1.54, 1.807) is 45.9 Å². The van der Waals surface area contributed by atoms with Gasteiger partial charge in [0, 0.05) is 23.0 Å². The van der Waals surface area contributed by atoms with Gasteiger partial charge in [-0.15, -0.1) is 0 Å². The van der Waals surface area contributed by atoms with Crippen LogP contribution in [0.15, 0.2) is 86.3 Å². The monoisotopic (exact) mass is 473 g/mol. The van der Waals surface area contributed by atoms with Crippen LogP contribution in [-0.2, 0) is 19.1 Å². The highest BCUT2D eigenvalue weighted by atomic mass is 16.5. The quantitative estimate of drug-likeness (QED) is 0.513. The molecule has 0 spiro atoms. The molecule has 1 aromatic heterocycles. The molecule has 1 aliphatic heterocycles. The third kappa shape index (κ3) is 4.62. The molecule has 7 nitrogen and oxygen atoms in total. The second kappa shape index (κ2) is 10.0. The second-order valence-corrected chi connectivity index (χ2v) is 8.17. The molecule has 0 saturated carbocycles. The van der Waals surface area contributed by atoms with E-state index in [0.717, 1.165) is 5.56 Å². The number of carbonyl (C=O) groups excluding carboxylic acids is 2. The summed E-state index contributed by atoms with van der Waals surface area (Å²) in [6, 6.07) is 15.9. The molecule has 0 saturated heterocycles.